The van der Waals surface area contributed by atoms with Crippen molar-refractivity contribution in [3.63, 3.8) is 0 Å². The average molecular weight is 2630 g/mol. The van der Waals surface area contributed by atoms with E-state index < -0.39 is 0 Å². The van der Waals surface area contributed by atoms with Gasteiger partial charge in [-0.1, -0.05) is 276 Å². The Morgan fingerprint density at radius 3 is 0.955 bits per heavy atom. The number of nitrogens with zero attached hydrogens (tertiary/aromatic N) is 6. The molecule has 12 nitrogen and oxygen atoms in total. The number of allylic oxidation sites excluding steroid dienone is 6. The minimum absolute atomic E-state index is 0. The number of aliphatic hydroxyl groups excluding tert-OH is 3. The number of aliphatic hydroxyl groups is 3. The van der Waals surface area contributed by atoms with Gasteiger partial charge in [-0.2, -0.15) is 0 Å². The second-order valence-corrected chi connectivity index (χ2v) is 29.4. The zero-order chi connectivity index (χ0) is 89.8. The largest absolute Gasteiger partial charge is 0.512 e. The zero-order valence-electron chi connectivity index (χ0n) is 73.7. The molecule has 6 aromatic heterocycles. The number of benzene rings is 14. The molecule has 20 rings (SSSR count). The van der Waals surface area contributed by atoms with Crippen LogP contribution in [0.25, 0.3) is 155 Å². The third kappa shape index (κ3) is 32.9. The van der Waals surface area contributed by atoms with Crippen LogP contribution in [0.4, 0.5) is 0 Å². The molecule has 0 aliphatic carbocycles. The van der Waals surface area contributed by atoms with Crippen LogP contribution >= 0.6 is 0 Å². The topological polar surface area (TPSA) is 189 Å². The van der Waals surface area contributed by atoms with Gasteiger partial charge in [0.1, 0.15) is 0 Å². The molecule has 0 amide bonds. The van der Waals surface area contributed by atoms with Crippen LogP contribution in [0, 0.1) is 43.3 Å². The normalized spacial score (nSPS) is 10.4. The molecular weight excluding hydrogens is 2530 g/mol. The number of hydrogen-bond donors (Lipinski definition) is 3. The van der Waals surface area contributed by atoms with E-state index in [1.807, 2.05) is 224 Å². The molecule has 14 aromatic carbocycles. The smallest absolute Gasteiger partial charge is 0.155 e. The predicted molar refractivity (Wildman–Crippen MR) is 525 cm³/mol. The van der Waals surface area contributed by atoms with E-state index in [1.54, 1.807) is 6.20 Å². The summed E-state index contributed by atoms with van der Waals surface area (Å²) in [6.45, 7) is 10.6. The summed E-state index contributed by atoms with van der Waals surface area (Å²) in [4.78, 5) is 57.8. The van der Waals surface area contributed by atoms with Crippen molar-refractivity contribution in [3.8, 4) is 78.7 Å². The second-order valence-electron chi connectivity index (χ2n) is 29.4. The van der Waals surface area contributed by atoms with Crippen molar-refractivity contribution in [3.05, 3.63) is 472 Å². The number of carbonyl (C=O) groups excluding carboxylic acids is 3. The first-order valence-electron chi connectivity index (χ1n) is 41.5. The van der Waals surface area contributed by atoms with Gasteiger partial charge in [0, 0.05) is 131 Å². The van der Waals surface area contributed by atoms with Crippen LogP contribution < -0.4 is 0 Å². The van der Waals surface area contributed by atoms with Crippen molar-refractivity contribution in [1.29, 1.82) is 0 Å². The van der Waals surface area contributed by atoms with Gasteiger partial charge in [0.25, 0.3) is 0 Å². The van der Waals surface area contributed by atoms with E-state index in [4.69, 9.17) is 25.3 Å². The number of aromatic nitrogens is 6. The van der Waals surface area contributed by atoms with Crippen molar-refractivity contribution in [2.45, 2.75) is 48.5 Å². The van der Waals surface area contributed by atoms with E-state index >= 15 is 0 Å². The molecule has 17 heteroatoms. The summed E-state index contributed by atoms with van der Waals surface area (Å²) in [5.74, 6) is -0.187. The van der Waals surface area contributed by atoms with Crippen molar-refractivity contribution < 1.29 is 130 Å². The molecule has 3 N–H and O–H groups in total. The molecule has 0 aliphatic heterocycles. The molecule has 0 saturated carbocycles. The first-order valence-corrected chi connectivity index (χ1v) is 41.5. The molecular formula is C116H92Ir5N6O6-6. The maximum absolute atomic E-state index is 10.0. The number of pyridine rings is 6. The molecule has 0 fully saturated rings. The number of hydrogen-bond acceptors (Lipinski definition) is 12. The number of rotatable bonds is 10. The molecule has 133 heavy (non-hydrogen) atoms. The zero-order valence-corrected chi connectivity index (χ0v) is 85.7. The molecule has 0 atom stereocenters. The van der Waals surface area contributed by atoms with Crippen molar-refractivity contribution in [1.82, 2.24) is 29.9 Å². The van der Waals surface area contributed by atoms with Gasteiger partial charge in [0.15, 0.2) is 17.3 Å². The van der Waals surface area contributed by atoms with Gasteiger partial charge in [-0.05, 0) is 133 Å². The second kappa shape index (κ2) is 55.8. The van der Waals surface area contributed by atoms with Gasteiger partial charge in [-0.25, -0.2) is 0 Å². The van der Waals surface area contributed by atoms with E-state index in [0.717, 1.165) is 111 Å². The van der Waals surface area contributed by atoms with E-state index in [1.165, 1.54) is 109 Å². The Morgan fingerprint density at radius 2 is 0.594 bits per heavy atom. The molecule has 673 valence electrons. The molecule has 0 aliphatic rings. The van der Waals surface area contributed by atoms with E-state index in [9.17, 15) is 14.4 Å². The number of aryl methyl sites for hydroxylation is 1. The average Bonchev–Trinajstić information content (AvgIpc) is 0.756. The van der Waals surface area contributed by atoms with Crippen LogP contribution in [0.3, 0.4) is 0 Å². The number of para-hydroxylation sites is 5. The predicted octanol–water partition coefficient (Wildman–Crippen LogP) is 28.4. The fraction of sp³-hybridized carbons (Fsp3) is 0.0603. The fourth-order valence-corrected chi connectivity index (χ4v) is 13.5. The van der Waals surface area contributed by atoms with Crippen molar-refractivity contribution in [2.75, 3.05) is 0 Å². The summed E-state index contributed by atoms with van der Waals surface area (Å²) >= 11 is 0. The summed E-state index contributed by atoms with van der Waals surface area (Å²) in [6, 6.07) is 150. The number of carbonyl (C=O) groups is 3. The Balaban J connectivity index is 0.000000209. The molecule has 0 spiro atoms. The minimum Gasteiger partial charge on any atom is -0.512 e. The number of fused-ring (bicyclic) bond motifs is 8. The standard InChI is InChI=1S/C23H14N.C21H14N.C16H12N.2C15H10N.C11H8N.3C5H8O2.5Ir/c1-3-9-18-17(8-1)15-21(20-11-5-4-10-19(18)20)23-14-13-16-7-2-6-12-22(16)24-23;1-2-6-16(7-3-1)17-10-12-19(13-11-17)21-15-14-18-8-4-5-9-20(18)22-21;1-12-6-2-4-8-14(12)16-11-10-13-7-3-5-9-15(13)17-16;2*1-2-6-12(7-3-1)15-11-10-13-8-4-5-9-14(13)16-15;1-2-6-10(7-3-1)11-8-4-5-9-12-11;3*1-4(6)3-5(2)7;;;;;/h1-14H;1-12,14-15H;2-7,9-11H,1H3;2*1-6,8-11H;1-6,8-9H;3*3,6H,1-2H3;;;;;/q6*-1;;;;;;;;. The number of ketones is 3. The maximum Gasteiger partial charge on any atom is 0.155 e. The van der Waals surface area contributed by atoms with E-state index in [0.29, 0.717) is 0 Å². The van der Waals surface area contributed by atoms with Gasteiger partial charge in [-0.3, -0.25) is 39.3 Å². The van der Waals surface area contributed by atoms with Crippen LogP contribution in [0.5, 0.6) is 0 Å². The van der Waals surface area contributed by atoms with Gasteiger partial charge in [0.2, 0.25) is 0 Å². The first kappa shape index (κ1) is 107. The van der Waals surface area contributed by atoms with Crippen LogP contribution in [0.15, 0.2) is 430 Å². The summed E-state index contributed by atoms with van der Waals surface area (Å²) in [7, 11) is 0. The quantitative estimate of drug-likeness (QED) is 0.0509. The third-order valence-corrected chi connectivity index (χ3v) is 19.3. The van der Waals surface area contributed by atoms with Gasteiger partial charge in [-0.15, -0.1) is 190 Å². The van der Waals surface area contributed by atoms with E-state index in [-0.39, 0.29) is 135 Å². The van der Waals surface area contributed by atoms with Crippen molar-refractivity contribution >= 4 is 93.4 Å². The first-order chi connectivity index (χ1) is 62.4. The Labute approximate surface area is 844 Å². The SMILES string of the molecule is CC(=O)C=C(C)O.CC(=O)C=C(C)O.CC(=O)C=C(C)O.Cc1ccc[c-]c1-c1ccc2ccccc2n1.[Ir].[Ir].[Ir].[Ir].[Ir].[c-]1c(-c2ccc3ccccc3n2)c2ccccc2c2ccccc12.[c-]1cc(-c2ccccc2)ccc1-c1ccc2ccccc2n1.[c-]1ccccc1-c1ccc2ccccc2n1.[c-]1ccccc1-c1ccc2ccccc2n1.[c-]1ccccc1-c1ccccn1. The molecule has 0 saturated heterocycles. The van der Waals surface area contributed by atoms with Crippen LogP contribution in [0.1, 0.15) is 47.1 Å². The molecule has 20 aromatic rings. The minimum atomic E-state index is -0.125. The summed E-state index contributed by atoms with van der Waals surface area (Å²) in [5, 5.41) is 35.7. The fourth-order valence-electron chi connectivity index (χ4n) is 13.5. The van der Waals surface area contributed by atoms with Crippen LogP contribution in [-0.4, -0.2) is 62.6 Å². The molecule has 0 unspecified atom stereocenters. The summed E-state index contributed by atoms with van der Waals surface area (Å²) < 4.78 is 0. The third-order valence-electron chi connectivity index (χ3n) is 19.3. The molecule has 6 heterocycles. The van der Waals surface area contributed by atoms with Crippen LogP contribution in [0.2, 0.25) is 0 Å². The molecule has 5 radical (unpaired) electrons. The van der Waals surface area contributed by atoms with E-state index in [2.05, 4.69) is 227 Å². The maximum atomic E-state index is 10.0. The van der Waals surface area contributed by atoms with Gasteiger partial charge >= 0.3 is 0 Å². The molecule has 0 bridgehead atoms. The Hall–Kier alpha value is -13.3. The Bertz CT molecular complexity index is 6970. The Kier molecular flexibility index (Phi) is 44.7. The summed E-state index contributed by atoms with van der Waals surface area (Å²) in [6.07, 6.45) is 5.29. The van der Waals surface area contributed by atoms with Gasteiger partial charge in [0.05, 0.1) is 44.9 Å². The van der Waals surface area contributed by atoms with Crippen LogP contribution in [-0.2, 0) is 115 Å². The van der Waals surface area contributed by atoms with Crippen molar-refractivity contribution in [2.24, 2.45) is 0 Å². The summed E-state index contributed by atoms with van der Waals surface area (Å²) in [5.41, 5.74) is 20.8. The monoisotopic (exact) mass is 2630 g/mol. The Morgan fingerprint density at radius 1 is 0.263 bits per heavy atom. The van der Waals surface area contributed by atoms with Gasteiger partial charge < -0.3 is 20.3 Å².